The number of fused-ring (bicyclic) bond motifs is 1. The van der Waals surface area contributed by atoms with Gasteiger partial charge in [-0.15, -0.1) is 0 Å². The zero-order valence-corrected chi connectivity index (χ0v) is 11.1. The Morgan fingerprint density at radius 3 is 3.11 bits per heavy atom. The highest BCUT2D eigenvalue weighted by atomic mass is 35.5. The molecule has 5 heteroatoms. The zero-order chi connectivity index (χ0) is 13.0. The molecule has 0 bridgehead atoms. The summed E-state index contributed by atoms with van der Waals surface area (Å²) in [5.41, 5.74) is 0.998. The molecule has 2 N–H and O–H groups in total. The first-order valence-corrected chi connectivity index (χ1v) is 6.46. The highest BCUT2D eigenvalue weighted by Crippen LogP contribution is 2.30. The molecular weight excluding hydrogens is 252 g/mol. The predicted molar refractivity (Wildman–Crippen MR) is 71.1 cm³/mol. The number of rotatable bonds is 5. The molecule has 98 valence electrons. The van der Waals surface area contributed by atoms with Crippen molar-refractivity contribution in [1.82, 2.24) is 10.6 Å². The topological polar surface area (TPSA) is 50.4 Å². The first-order valence-electron chi connectivity index (χ1n) is 6.08. The summed E-state index contributed by atoms with van der Waals surface area (Å²) >= 11 is 5.91. The van der Waals surface area contributed by atoms with Gasteiger partial charge in [-0.2, -0.15) is 0 Å². The molecule has 0 aliphatic carbocycles. The number of amides is 1. The van der Waals surface area contributed by atoms with Crippen molar-refractivity contribution in [2.24, 2.45) is 0 Å². The molecule has 1 amide bonds. The van der Waals surface area contributed by atoms with E-state index in [2.05, 4.69) is 10.6 Å². The van der Waals surface area contributed by atoms with Gasteiger partial charge >= 0.3 is 0 Å². The van der Waals surface area contributed by atoms with Crippen LogP contribution in [0.15, 0.2) is 18.2 Å². The molecule has 0 aromatic heterocycles. The highest BCUT2D eigenvalue weighted by molar-refractivity contribution is 6.30. The summed E-state index contributed by atoms with van der Waals surface area (Å²) in [6, 6.07) is 5.44. The third kappa shape index (κ3) is 3.15. The molecule has 2 rings (SSSR count). The maximum Gasteiger partial charge on any atom is 0.261 e. The van der Waals surface area contributed by atoms with Crippen LogP contribution in [-0.4, -0.2) is 32.1 Å². The van der Waals surface area contributed by atoms with E-state index in [0.29, 0.717) is 18.0 Å². The number of benzene rings is 1. The lowest BCUT2D eigenvalue weighted by Gasteiger charge is -2.11. The molecule has 0 radical (unpaired) electrons. The van der Waals surface area contributed by atoms with Crippen molar-refractivity contribution >= 4 is 17.5 Å². The van der Waals surface area contributed by atoms with Crippen LogP contribution in [-0.2, 0) is 11.2 Å². The van der Waals surface area contributed by atoms with Gasteiger partial charge in [0.15, 0.2) is 6.10 Å². The number of halogens is 1. The Kier molecular flexibility index (Phi) is 4.44. The van der Waals surface area contributed by atoms with E-state index in [9.17, 15) is 4.79 Å². The van der Waals surface area contributed by atoms with Gasteiger partial charge in [-0.25, -0.2) is 0 Å². The average molecular weight is 269 g/mol. The third-order valence-electron chi connectivity index (χ3n) is 2.89. The van der Waals surface area contributed by atoms with Crippen LogP contribution in [0.3, 0.4) is 0 Å². The van der Waals surface area contributed by atoms with E-state index in [1.54, 1.807) is 6.07 Å². The Balaban J connectivity index is 1.84. The minimum absolute atomic E-state index is 0.0570. The molecule has 1 heterocycles. The molecule has 1 aliphatic heterocycles. The van der Waals surface area contributed by atoms with Crippen molar-refractivity contribution in [2.75, 3.05) is 20.1 Å². The Morgan fingerprint density at radius 2 is 2.33 bits per heavy atom. The number of carbonyl (C=O) groups excluding carboxylic acids is 1. The van der Waals surface area contributed by atoms with E-state index in [1.807, 2.05) is 19.2 Å². The van der Waals surface area contributed by atoms with Gasteiger partial charge in [0.05, 0.1) is 0 Å². The maximum absolute atomic E-state index is 11.9. The monoisotopic (exact) mass is 268 g/mol. The fraction of sp³-hybridized carbons (Fsp3) is 0.462. The van der Waals surface area contributed by atoms with Gasteiger partial charge < -0.3 is 15.4 Å². The Morgan fingerprint density at radius 1 is 1.50 bits per heavy atom. The Bertz CT molecular complexity index is 437. The summed E-state index contributed by atoms with van der Waals surface area (Å²) in [6.45, 7) is 1.55. The van der Waals surface area contributed by atoms with E-state index in [1.165, 1.54) is 0 Å². The lowest BCUT2D eigenvalue weighted by molar-refractivity contribution is -0.127. The van der Waals surface area contributed by atoms with Crippen molar-refractivity contribution in [3.63, 3.8) is 0 Å². The molecule has 4 nitrogen and oxygen atoms in total. The smallest absolute Gasteiger partial charge is 0.261 e. The average Bonchev–Trinajstić information content (AvgIpc) is 2.77. The first kappa shape index (κ1) is 13.2. The number of ether oxygens (including phenoxy) is 1. The SMILES string of the molecule is CNCCCNC(=O)C1Cc2cc(Cl)ccc2O1. The van der Waals surface area contributed by atoms with Crippen molar-refractivity contribution < 1.29 is 9.53 Å². The minimum atomic E-state index is -0.423. The van der Waals surface area contributed by atoms with Crippen LogP contribution in [0.25, 0.3) is 0 Å². The van der Waals surface area contributed by atoms with Gasteiger partial charge in [0.25, 0.3) is 5.91 Å². The molecule has 1 aliphatic rings. The summed E-state index contributed by atoms with van der Waals surface area (Å²) in [5, 5.41) is 6.58. The van der Waals surface area contributed by atoms with Crippen LogP contribution in [0.4, 0.5) is 0 Å². The molecule has 0 fully saturated rings. The number of hydrogen-bond donors (Lipinski definition) is 2. The van der Waals surface area contributed by atoms with Crippen LogP contribution in [0, 0.1) is 0 Å². The summed E-state index contributed by atoms with van der Waals surface area (Å²) in [4.78, 5) is 11.9. The molecule has 0 saturated heterocycles. The predicted octanol–water partition coefficient (Wildman–Crippen LogP) is 1.37. The van der Waals surface area contributed by atoms with Gasteiger partial charge in [0, 0.05) is 18.0 Å². The van der Waals surface area contributed by atoms with E-state index in [4.69, 9.17) is 16.3 Å². The summed E-state index contributed by atoms with van der Waals surface area (Å²) in [5.74, 6) is 0.702. The van der Waals surface area contributed by atoms with Crippen molar-refractivity contribution in [1.29, 1.82) is 0 Å². The molecule has 0 saturated carbocycles. The van der Waals surface area contributed by atoms with Crippen LogP contribution in [0.1, 0.15) is 12.0 Å². The van der Waals surface area contributed by atoms with Gasteiger partial charge in [-0.1, -0.05) is 11.6 Å². The molecule has 1 unspecified atom stereocenters. The molecule has 1 aromatic rings. The second-order valence-corrected chi connectivity index (χ2v) is 4.75. The van der Waals surface area contributed by atoms with E-state index < -0.39 is 6.10 Å². The van der Waals surface area contributed by atoms with Crippen LogP contribution in [0.5, 0.6) is 5.75 Å². The normalized spacial score (nSPS) is 17.1. The van der Waals surface area contributed by atoms with Crippen LogP contribution >= 0.6 is 11.6 Å². The molecule has 1 atom stereocenters. The van der Waals surface area contributed by atoms with Crippen molar-refractivity contribution in [3.8, 4) is 5.75 Å². The van der Waals surface area contributed by atoms with Crippen LogP contribution < -0.4 is 15.4 Å². The third-order valence-corrected chi connectivity index (χ3v) is 3.13. The largest absolute Gasteiger partial charge is 0.480 e. The Hall–Kier alpha value is -1.26. The number of nitrogens with one attached hydrogen (secondary N) is 2. The summed E-state index contributed by atoms with van der Waals surface area (Å²) in [7, 11) is 1.89. The first-order chi connectivity index (χ1) is 8.70. The quantitative estimate of drug-likeness (QED) is 0.793. The van der Waals surface area contributed by atoms with Gasteiger partial charge in [0.1, 0.15) is 5.75 Å². The number of hydrogen-bond acceptors (Lipinski definition) is 3. The molecule has 0 spiro atoms. The fourth-order valence-corrected chi connectivity index (χ4v) is 2.15. The van der Waals surface area contributed by atoms with Gasteiger partial charge in [-0.3, -0.25) is 4.79 Å². The lowest BCUT2D eigenvalue weighted by atomic mass is 10.1. The highest BCUT2D eigenvalue weighted by Gasteiger charge is 2.28. The zero-order valence-electron chi connectivity index (χ0n) is 10.3. The second kappa shape index (κ2) is 6.07. The minimum Gasteiger partial charge on any atom is -0.480 e. The van der Waals surface area contributed by atoms with E-state index >= 15 is 0 Å². The molecular formula is C13H17ClN2O2. The van der Waals surface area contributed by atoms with E-state index in [0.717, 1.165) is 24.3 Å². The number of carbonyl (C=O) groups is 1. The molecule has 18 heavy (non-hydrogen) atoms. The fourth-order valence-electron chi connectivity index (χ4n) is 1.95. The van der Waals surface area contributed by atoms with Crippen LogP contribution in [0.2, 0.25) is 5.02 Å². The summed E-state index contributed by atoms with van der Waals surface area (Å²) < 4.78 is 5.59. The second-order valence-electron chi connectivity index (χ2n) is 4.31. The van der Waals surface area contributed by atoms with E-state index in [-0.39, 0.29) is 5.91 Å². The van der Waals surface area contributed by atoms with Gasteiger partial charge in [-0.05, 0) is 43.8 Å². The standard InChI is InChI=1S/C13H17ClN2O2/c1-15-5-2-6-16-13(17)12-8-9-7-10(14)3-4-11(9)18-12/h3-4,7,12,15H,2,5-6,8H2,1H3,(H,16,17). The van der Waals surface area contributed by atoms with Gasteiger partial charge in [0.2, 0.25) is 0 Å². The summed E-state index contributed by atoms with van der Waals surface area (Å²) in [6.07, 6.45) is 1.08. The Labute approximate surface area is 112 Å². The maximum atomic E-state index is 11.9. The van der Waals surface area contributed by atoms with Crippen molar-refractivity contribution in [2.45, 2.75) is 18.9 Å². The lowest BCUT2D eigenvalue weighted by Crippen LogP contribution is -2.38. The molecule has 1 aromatic carbocycles. The van der Waals surface area contributed by atoms with Crippen molar-refractivity contribution in [3.05, 3.63) is 28.8 Å².